The van der Waals surface area contributed by atoms with Crippen LogP contribution in [-0.4, -0.2) is 18.1 Å². The zero-order valence-electron chi connectivity index (χ0n) is 11.2. The molecule has 0 spiro atoms. The minimum Gasteiger partial charge on any atom is -0.486 e. The number of aryl methyl sites for hydroxylation is 1. The van der Waals surface area contributed by atoms with Crippen molar-refractivity contribution in [3.63, 3.8) is 0 Å². The van der Waals surface area contributed by atoms with Gasteiger partial charge in [-0.25, -0.2) is 4.79 Å². The average molecular weight is 336 g/mol. The number of hydrogen-bond donors (Lipinski definition) is 0. The number of rotatable bonds is 4. The van der Waals surface area contributed by atoms with Crippen LogP contribution in [0.1, 0.15) is 21.6 Å². The normalized spacial score (nSPS) is 10.2. The van der Waals surface area contributed by atoms with Crippen LogP contribution in [0.15, 0.2) is 41.0 Å². The minimum absolute atomic E-state index is 0.336. The van der Waals surface area contributed by atoms with E-state index in [1.54, 1.807) is 12.1 Å². The smallest absolute Gasteiger partial charge is 0.339 e. The van der Waals surface area contributed by atoms with Gasteiger partial charge in [-0.05, 0) is 52.7 Å². The summed E-state index contributed by atoms with van der Waals surface area (Å²) in [5, 5.41) is 0. The molecule has 0 saturated carbocycles. The average Bonchev–Trinajstić information content (AvgIpc) is 2.46. The fourth-order valence-corrected chi connectivity index (χ4v) is 2.23. The van der Waals surface area contributed by atoms with Crippen molar-refractivity contribution < 1.29 is 14.3 Å². The maximum absolute atomic E-state index is 11.3. The molecule has 4 nitrogen and oxygen atoms in total. The van der Waals surface area contributed by atoms with Crippen LogP contribution in [0, 0.1) is 6.92 Å². The van der Waals surface area contributed by atoms with E-state index in [-0.39, 0.29) is 0 Å². The Morgan fingerprint density at radius 3 is 2.70 bits per heavy atom. The molecule has 0 aliphatic carbocycles. The second-order valence-corrected chi connectivity index (χ2v) is 5.11. The van der Waals surface area contributed by atoms with E-state index >= 15 is 0 Å². The third kappa shape index (κ3) is 3.57. The van der Waals surface area contributed by atoms with Crippen LogP contribution in [0.2, 0.25) is 0 Å². The number of hydrogen-bond acceptors (Lipinski definition) is 4. The molecule has 0 atom stereocenters. The van der Waals surface area contributed by atoms with Gasteiger partial charge in [-0.15, -0.1) is 0 Å². The van der Waals surface area contributed by atoms with Crippen LogP contribution in [-0.2, 0) is 11.3 Å². The van der Waals surface area contributed by atoms with E-state index < -0.39 is 5.97 Å². The number of esters is 1. The summed E-state index contributed by atoms with van der Waals surface area (Å²) >= 11 is 3.45. The molecule has 20 heavy (non-hydrogen) atoms. The van der Waals surface area contributed by atoms with Gasteiger partial charge in [0.15, 0.2) is 0 Å². The number of methoxy groups -OCH3 is 1. The van der Waals surface area contributed by atoms with Gasteiger partial charge >= 0.3 is 5.97 Å². The molecule has 0 amide bonds. The molecule has 0 radical (unpaired) electrons. The second-order valence-electron chi connectivity index (χ2n) is 4.25. The Morgan fingerprint density at radius 1 is 1.30 bits per heavy atom. The summed E-state index contributed by atoms with van der Waals surface area (Å²) in [5.41, 5.74) is 2.32. The Balaban J connectivity index is 2.02. The van der Waals surface area contributed by atoms with E-state index in [0.29, 0.717) is 12.2 Å². The lowest BCUT2D eigenvalue weighted by atomic mass is 10.2. The first-order valence-electron chi connectivity index (χ1n) is 6.02. The van der Waals surface area contributed by atoms with Gasteiger partial charge in [0.05, 0.1) is 22.8 Å². The number of carbonyl (C=O) groups is 1. The molecule has 1 aromatic carbocycles. The van der Waals surface area contributed by atoms with Gasteiger partial charge in [0.25, 0.3) is 0 Å². The van der Waals surface area contributed by atoms with E-state index in [2.05, 4.69) is 25.7 Å². The van der Waals surface area contributed by atoms with Crippen LogP contribution >= 0.6 is 15.9 Å². The predicted octanol–water partition coefficient (Wildman–Crippen LogP) is 3.52. The highest BCUT2D eigenvalue weighted by atomic mass is 79.9. The molecular weight excluding hydrogens is 322 g/mol. The van der Waals surface area contributed by atoms with Crippen molar-refractivity contribution in [3.8, 4) is 5.75 Å². The largest absolute Gasteiger partial charge is 0.486 e. The highest BCUT2D eigenvalue weighted by Gasteiger charge is 2.06. The molecule has 1 heterocycles. The SMILES string of the molecule is COC(=O)c1ccc(COc2ccc(C)cc2Br)nc1. The maximum atomic E-state index is 11.3. The molecule has 0 saturated heterocycles. The summed E-state index contributed by atoms with van der Waals surface area (Å²) < 4.78 is 11.2. The lowest BCUT2D eigenvalue weighted by molar-refractivity contribution is 0.0600. The number of nitrogens with zero attached hydrogens (tertiary/aromatic N) is 1. The van der Waals surface area contributed by atoms with E-state index in [4.69, 9.17) is 4.74 Å². The van der Waals surface area contributed by atoms with Gasteiger partial charge in [-0.1, -0.05) is 6.07 Å². The van der Waals surface area contributed by atoms with Crippen molar-refractivity contribution >= 4 is 21.9 Å². The number of aromatic nitrogens is 1. The highest BCUT2D eigenvalue weighted by Crippen LogP contribution is 2.26. The van der Waals surface area contributed by atoms with Crippen molar-refractivity contribution in [1.82, 2.24) is 4.98 Å². The maximum Gasteiger partial charge on any atom is 0.339 e. The zero-order valence-corrected chi connectivity index (χ0v) is 12.8. The molecule has 2 rings (SSSR count). The zero-order chi connectivity index (χ0) is 14.5. The number of benzene rings is 1. The third-order valence-electron chi connectivity index (χ3n) is 2.71. The number of carbonyl (C=O) groups excluding carboxylic acids is 1. The number of halogens is 1. The molecule has 0 fully saturated rings. The Morgan fingerprint density at radius 2 is 2.10 bits per heavy atom. The van der Waals surface area contributed by atoms with Gasteiger partial charge < -0.3 is 9.47 Å². The van der Waals surface area contributed by atoms with Crippen LogP contribution in [0.3, 0.4) is 0 Å². The summed E-state index contributed by atoms with van der Waals surface area (Å²) in [7, 11) is 1.34. The fraction of sp³-hybridized carbons (Fsp3) is 0.200. The van der Waals surface area contributed by atoms with E-state index in [1.807, 2.05) is 25.1 Å². The van der Waals surface area contributed by atoms with Crippen molar-refractivity contribution in [2.45, 2.75) is 13.5 Å². The van der Waals surface area contributed by atoms with Gasteiger partial charge in [0.1, 0.15) is 12.4 Å². The lowest BCUT2D eigenvalue weighted by Gasteiger charge is -2.08. The summed E-state index contributed by atoms with van der Waals surface area (Å²) in [4.78, 5) is 15.4. The molecule has 2 aromatic rings. The Bertz CT molecular complexity index is 611. The van der Waals surface area contributed by atoms with Gasteiger partial charge in [-0.2, -0.15) is 0 Å². The standard InChI is InChI=1S/C15H14BrNO3/c1-10-3-6-14(13(16)7-10)20-9-12-5-4-11(8-17-12)15(18)19-2/h3-8H,9H2,1-2H3. The first kappa shape index (κ1) is 14.5. The van der Waals surface area contributed by atoms with E-state index in [0.717, 1.165) is 21.5 Å². The Labute approximate surface area is 125 Å². The van der Waals surface area contributed by atoms with Crippen molar-refractivity contribution in [3.05, 3.63) is 57.8 Å². The Hall–Kier alpha value is -1.88. The van der Waals surface area contributed by atoms with Crippen LogP contribution < -0.4 is 4.74 Å². The Kier molecular flexibility index (Phi) is 4.74. The van der Waals surface area contributed by atoms with Gasteiger partial charge in [0, 0.05) is 6.20 Å². The summed E-state index contributed by atoms with van der Waals surface area (Å²) in [6.07, 6.45) is 1.48. The van der Waals surface area contributed by atoms with Crippen LogP contribution in [0.4, 0.5) is 0 Å². The molecule has 0 aliphatic rings. The second kappa shape index (κ2) is 6.52. The van der Waals surface area contributed by atoms with Crippen molar-refractivity contribution in [2.75, 3.05) is 7.11 Å². The van der Waals surface area contributed by atoms with Crippen molar-refractivity contribution in [2.24, 2.45) is 0 Å². The predicted molar refractivity (Wildman–Crippen MR) is 78.8 cm³/mol. The van der Waals surface area contributed by atoms with E-state index in [9.17, 15) is 4.79 Å². The van der Waals surface area contributed by atoms with E-state index in [1.165, 1.54) is 13.3 Å². The minimum atomic E-state index is -0.397. The van der Waals surface area contributed by atoms with Crippen LogP contribution in [0.5, 0.6) is 5.75 Å². The molecule has 0 bridgehead atoms. The van der Waals surface area contributed by atoms with Gasteiger partial charge in [0.2, 0.25) is 0 Å². The molecule has 104 valence electrons. The first-order chi connectivity index (χ1) is 9.60. The summed E-state index contributed by atoms with van der Waals surface area (Å²) in [5.74, 6) is 0.362. The highest BCUT2D eigenvalue weighted by molar-refractivity contribution is 9.10. The lowest BCUT2D eigenvalue weighted by Crippen LogP contribution is -2.04. The molecule has 0 N–H and O–H groups in total. The van der Waals surface area contributed by atoms with Gasteiger partial charge in [-0.3, -0.25) is 4.98 Å². The molecule has 5 heteroatoms. The molecule has 1 aromatic heterocycles. The molecule has 0 unspecified atom stereocenters. The van der Waals surface area contributed by atoms with Crippen LogP contribution in [0.25, 0.3) is 0 Å². The summed E-state index contributed by atoms with van der Waals surface area (Å²) in [6.45, 7) is 2.35. The quantitative estimate of drug-likeness (QED) is 0.802. The fourth-order valence-electron chi connectivity index (χ4n) is 1.62. The van der Waals surface area contributed by atoms with Crippen molar-refractivity contribution in [1.29, 1.82) is 0 Å². The third-order valence-corrected chi connectivity index (χ3v) is 3.33. The number of ether oxygens (including phenoxy) is 2. The topological polar surface area (TPSA) is 48.4 Å². The monoisotopic (exact) mass is 335 g/mol. The molecular formula is C15H14BrNO3. The first-order valence-corrected chi connectivity index (χ1v) is 6.81. The summed E-state index contributed by atoms with van der Waals surface area (Å²) in [6, 6.07) is 9.29. The number of pyridine rings is 1. The molecule has 0 aliphatic heterocycles.